The van der Waals surface area contributed by atoms with Crippen molar-refractivity contribution in [2.75, 3.05) is 11.1 Å². The number of hydrogen-bond acceptors (Lipinski definition) is 6. The Morgan fingerprint density at radius 2 is 2.12 bits per heavy atom. The zero-order valence-electron chi connectivity index (χ0n) is 13.2. The van der Waals surface area contributed by atoms with E-state index in [9.17, 15) is 18.3 Å². The smallest absolute Gasteiger partial charge is 0.276 e. The Morgan fingerprint density at radius 3 is 2.80 bits per heavy atom. The molecule has 0 atom stereocenters. The van der Waals surface area contributed by atoms with Gasteiger partial charge in [0.15, 0.2) is 21.3 Å². The van der Waals surface area contributed by atoms with Crippen molar-refractivity contribution in [1.29, 1.82) is 0 Å². The number of nitrogens with one attached hydrogen (secondary N) is 2. The number of benzene rings is 1. The number of furan rings is 1. The van der Waals surface area contributed by atoms with Crippen LogP contribution in [0.2, 0.25) is 0 Å². The number of carbonyl (C=O) groups excluding carboxylic acids is 1. The van der Waals surface area contributed by atoms with Crippen LogP contribution in [0.5, 0.6) is 5.75 Å². The number of rotatable bonds is 5. The van der Waals surface area contributed by atoms with Crippen LogP contribution in [0.15, 0.2) is 52.0 Å². The molecular formula is C16H15N3O5S. The second-order valence-corrected chi connectivity index (χ2v) is 7.46. The van der Waals surface area contributed by atoms with Gasteiger partial charge in [-0.15, -0.1) is 0 Å². The monoisotopic (exact) mass is 361 g/mol. The van der Waals surface area contributed by atoms with Gasteiger partial charge in [-0.3, -0.25) is 9.89 Å². The Morgan fingerprint density at radius 1 is 1.32 bits per heavy atom. The zero-order chi connectivity index (χ0) is 18.0. The molecule has 0 radical (unpaired) electrons. The molecule has 2 aromatic heterocycles. The van der Waals surface area contributed by atoms with Crippen LogP contribution < -0.4 is 5.32 Å². The molecule has 0 saturated heterocycles. The van der Waals surface area contributed by atoms with Gasteiger partial charge in [-0.1, -0.05) is 6.92 Å². The number of phenols is 1. The summed E-state index contributed by atoms with van der Waals surface area (Å²) in [5.74, 6) is -0.414. The van der Waals surface area contributed by atoms with Crippen LogP contribution in [0, 0.1) is 0 Å². The maximum Gasteiger partial charge on any atom is 0.276 e. The molecule has 9 heteroatoms. The molecule has 2 heterocycles. The molecule has 3 rings (SSSR count). The van der Waals surface area contributed by atoms with Gasteiger partial charge in [0.05, 0.1) is 22.6 Å². The molecule has 130 valence electrons. The lowest BCUT2D eigenvalue weighted by atomic mass is 10.2. The van der Waals surface area contributed by atoms with E-state index in [1.807, 2.05) is 0 Å². The standard InChI is InChI=1S/C16H15N3O5S/c1-2-25(22,23)10-5-6-14(20)11(8-10)17-16(21)13-9-12(18-19-13)15-4-3-7-24-15/h3-9,20H,2H2,1H3,(H,17,21)(H,18,19). The van der Waals surface area contributed by atoms with Crippen molar-refractivity contribution in [3.63, 3.8) is 0 Å². The summed E-state index contributed by atoms with van der Waals surface area (Å²) in [4.78, 5) is 12.3. The van der Waals surface area contributed by atoms with E-state index in [2.05, 4.69) is 15.5 Å². The topological polar surface area (TPSA) is 125 Å². The summed E-state index contributed by atoms with van der Waals surface area (Å²) in [6.45, 7) is 1.51. The number of hydrogen-bond donors (Lipinski definition) is 3. The number of carbonyl (C=O) groups is 1. The fourth-order valence-electron chi connectivity index (χ4n) is 2.16. The van der Waals surface area contributed by atoms with Gasteiger partial charge in [0.2, 0.25) is 0 Å². The molecule has 8 nitrogen and oxygen atoms in total. The number of phenolic OH excluding ortho intramolecular Hbond substituents is 1. The molecule has 0 aliphatic rings. The van der Waals surface area contributed by atoms with Gasteiger partial charge in [-0.05, 0) is 30.3 Å². The molecule has 0 aliphatic heterocycles. The van der Waals surface area contributed by atoms with Crippen molar-refractivity contribution >= 4 is 21.4 Å². The minimum absolute atomic E-state index is 0.0120. The predicted octanol–water partition coefficient (Wildman–Crippen LogP) is 2.42. The van der Waals surface area contributed by atoms with Gasteiger partial charge in [-0.25, -0.2) is 8.42 Å². The Labute approximate surface area is 143 Å². The summed E-state index contributed by atoms with van der Waals surface area (Å²) in [7, 11) is -3.46. The summed E-state index contributed by atoms with van der Waals surface area (Å²) in [6, 6.07) is 8.61. The van der Waals surface area contributed by atoms with Gasteiger partial charge in [0.1, 0.15) is 11.4 Å². The quantitative estimate of drug-likeness (QED) is 0.599. The third-order valence-corrected chi connectivity index (χ3v) is 5.28. The minimum Gasteiger partial charge on any atom is -0.506 e. The minimum atomic E-state index is -3.46. The first-order valence-corrected chi connectivity index (χ1v) is 9.02. The highest BCUT2D eigenvalue weighted by atomic mass is 32.2. The van der Waals surface area contributed by atoms with Crippen LogP contribution in [0.4, 0.5) is 5.69 Å². The van der Waals surface area contributed by atoms with Crippen LogP contribution in [0.3, 0.4) is 0 Å². The molecule has 3 aromatic rings. The summed E-state index contributed by atoms with van der Waals surface area (Å²) in [6.07, 6.45) is 1.49. The van der Waals surface area contributed by atoms with Crippen molar-refractivity contribution in [2.45, 2.75) is 11.8 Å². The number of nitrogens with zero attached hydrogens (tertiary/aromatic N) is 1. The average Bonchev–Trinajstić information content (AvgIpc) is 3.27. The summed E-state index contributed by atoms with van der Waals surface area (Å²) < 4.78 is 29.1. The SMILES string of the molecule is CCS(=O)(=O)c1ccc(O)c(NC(=O)c2cc(-c3ccco3)[nH]n2)c1. The molecule has 0 spiro atoms. The summed E-state index contributed by atoms with van der Waals surface area (Å²) in [5.41, 5.74) is 0.568. The molecule has 0 aliphatic carbocycles. The first-order valence-electron chi connectivity index (χ1n) is 7.37. The zero-order valence-corrected chi connectivity index (χ0v) is 14.0. The summed E-state index contributed by atoms with van der Waals surface area (Å²) in [5, 5.41) is 18.9. The highest BCUT2D eigenvalue weighted by Gasteiger charge is 2.17. The Hall–Kier alpha value is -3.07. The number of amides is 1. The lowest BCUT2D eigenvalue weighted by Crippen LogP contribution is -2.13. The van der Waals surface area contributed by atoms with Gasteiger partial charge in [0.25, 0.3) is 5.91 Å². The number of aromatic hydroxyl groups is 1. The molecule has 0 unspecified atom stereocenters. The van der Waals surface area contributed by atoms with Crippen molar-refractivity contribution < 1.29 is 22.7 Å². The fraction of sp³-hybridized carbons (Fsp3) is 0.125. The Kier molecular flexibility index (Phi) is 4.32. The molecule has 0 fully saturated rings. The highest BCUT2D eigenvalue weighted by Crippen LogP contribution is 2.27. The van der Waals surface area contributed by atoms with E-state index < -0.39 is 15.7 Å². The van der Waals surface area contributed by atoms with E-state index in [4.69, 9.17) is 4.42 Å². The van der Waals surface area contributed by atoms with E-state index in [-0.39, 0.29) is 27.8 Å². The molecule has 1 amide bonds. The molecule has 0 saturated carbocycles. The Bertz CT molecular complexity index is 1010. The first-order chi connectivity index (χ1) is 11.9. The van der Waals surface area contributed by atoms with Crippen LogP contribution in [0.25, 0.3) is 11.5 Å². The highest BCUT2D eigenvalue weighted by molar-refractivity contribution is 7.91. The van der Waals surface area contributed by atoms with Gasteiger partial charge >= 0.3 is 0 Å². The summed E-state index contributed by atoms with van der Waals surface area (Å²) >= 11 is 0. The fourth-order valence-corrected chi connectivity index (χ4v) is 3.06. The van der Waals surface area contributed by atoms with E-state index in [1.54, 1.807) is 12.1 Å². The second kappa shape index (κ2) is 6.44. The van der Waals surface area contributed by atoms with Crippen molar-refractivity contribution in [3.8, 4) is 17.2 Å². The lowest BCUT2D eigenvalue weighted by Gasteiger charge is -2.08. The van der Waals surface area contributed by atoms with Gasteiger partial charge in [-0.2, -0.15) is 5.10 Å². The Balaban J connectivity index is 1.85. The largest absolute Gasteiger partial charge is 0.506 e. The number of anilines is 1. The normalized spacial score (nSPS) is 11.4. The van der Waals surface area contributed by atoms with Crippen molar-refractivity contribution in [3.05, 3.63) is 48.4 Å². The molecule has 3 N–H and O–H groups in total. The number of H-pyrrole nitrogens is 1. The van der Waals surface area contributed by atoms with Gasteiger partial charge in [0, 0.05) is 6.07 Å². The van der Waals surface area contributed by atoms with Crippen LogP contribution in [0.1, 0.15) is 17.4 Å². The predicted molar refractivity (Wildman–Crippen MR) is 90.1 cm³/mol. The second-order valence-electron chi connectivity index (χ2n) is 5.18. The van der Waals surface area contributed by atoms with Crippen LogP contribution >= 0.6 is 0 Å². The van der Waals surface area contributed by atoms with E-state index in [0.717, 1.165) is 0 Å². The van der Waals surface area contributed by atoms with E-state index >= 15 is 0 Å². The molecule has 25 heavy (non-hydrogen) atoms. The van der Waals surface area contributed by atoms with Gasteiger partial charge < -0.3 is 14.8 Å². The maximum absolute atomic E-state index is 12.3. The van der Waals surface area contributed by atoms with Crippen molar-refractivity contribution in [1.82, 2.24) is 10.2 Å². The van der Waals surface area contributed by atoms with Crippen molar-refractivity contribution in [2.24, 2.45) is 0 Å². The molecular weight excluding hydrogens is 346 g/mol. The lowest BCUT2D eigenvalue weighted by molar-refractivity contribution is 0.102. The molecule has 0 bridgehead atoms. The van der Waals surface area contributed by atoms with Crippen LogP contribution in [-0.4, -0.2) is 35.4 Å². The molecule has 1 aromatic carbocycles. The third-order valence-electron chi connectivity index (χ3n) is 3.55. The first kappa shape index (κ1) is 16.8. The van der Waals surface area contributed by atoms with E-state index in [0.29, 0.717) is 11.5 Å². The number of sulfone groups is 1. The maximum atomic E-state index is 12.3. The number of aromatic amines is 1. The third kappa shape index (κ3) is 3.41. The number of aromatic nitrogens is 2. The average molecular weight is 361 g/mol. The van der Waals surface area contributed by atoms with E-state index in [1.165, 1.54) is 37.5 Å². The van der Waals surface area contributed by atoms with Crippen LogP contribution in [-0.2, 0) is 9.84 Å².